The van der Waals surface area contributed by atoms with Crippen LogP contribution in [0.4, 0.5) is 0 Å². The minimum atomic E-state index is 0.174. The van der Waals surface area contributed by atoms with Crippen LogP contribution in [0, 0.1) is 0 Å². The second kappa shape index (κ2) is 9.55. The number of hydrogen-bond acceptors (Lipinski definition) is 5. The number of rotatable bonds is 7. The van der Waals surface area contributed by atoms with Crippen molar-refractivity contribution in [1.29, 1.82) is 0 Å². The molecule has 2 aliphatic heterocycles. The van der Waals surface area contributed by atoms with E-state index in [1.807, 2.05) is 11.8 Å². The molecule has 2 N–H and O–H groups in total. The molecule has 0 aliphatic carbocycles. The highest BCUT2D eigenvalue weighted by molar-refractivity contribution is 8.00. The molecule has 1 atom stereocenters. The van der Waals surface area contributed by atoms with Crippen LogP contribution in [0.5, 0.6) is 0 Å². The van der Waals surface area contributed by atoms with Crippen LogP contribution < -0.4 is 10.6 Å². The molecular formula is C17H34N4OS2. The van der Waals surface area contributed by atoms with E-state index in [1.165, 1.54) is 17.9 Å². The molecule has 1 unspecified atom stereocenters. The molecule has 7 heteroatoms. The Balaban J connectivity index is 1.98. The summed E-state index contributed by atoms with van der Waals surface area (Å²) >= 11 is 3.94. The molecule has 0 aromatic heterocycles. The Morgan fingerprint density at radius 1 is 1.33 bits per heavy atom. The van der Waals surface area contributed by atoms with Crippen molar-refractivity contribution >= 4 is 29.5 Å². The number of nitrogens with zero attached hydrogens (tertiary/aromatic N) is 2. The van der Waals surface area contributed by atoms with Gasteiger partial charge in [0.2, 0.25) is 0 Å². The summed E-state index contributed by atoms with van der Waals surface area (Å²) in [7, 11) is 0. The Morgan fingerprint density at radius 2 is 2.08 bits per heavy atom. The van der Waals surface area contributed by atoms with E-state index in [0.29, 0.717) is 0 Å². The van der Waals surface area contributed by atoms with Gasteiger partial charge in [0.25, 0.3) is 0 Å². The number of hydrogen-bond donors (Lipinski definition) is 2. The third kappa shape index (κ3) is 5.71. The fourth-order valence-corrected chi connectivity index (χ4v) is 4.73. The summed E-state index contributed by atoms with van der Waals surface area (Å²) in [6.07, 6.45) is 3.40. The highest BCUT2D eigenvalue weighted by atomic mass is 32.2. The zero-order chi connectivity index (χ0) is 17.5. The van der Waals surface area contributed by atoms with Gasteiger partial charge in [-0.1, -0.05) is 0 Å². The first kappa shape index (κ1) is 20.2. The molecule has 0 bridgehead atoms. The van der Waals surface area contributed by atoms with E-state index in [2.05, 4.69) is 54.3 Å². The first-order valence-electron chi connectivity index (χ1n) is 8.99. The standard InChI is InChI=1S/C17H34N4OS2/c1-5-18-15(19-12-16(2,3)23-4)20-13-17(6-11-24-14-17)21-7-9-22-10-8-21/h5-14H2,1-4H3,(H2,18,19,20). The lowest BCUT2D eigenvalue weighted by molar-refractivity contribution is -0.0120. The number of morpholine rings is 1. The van der Waals surface area contributed by atoms with Crippen molar-refractivity contribution in [1.82, 2.24) is 15.5 Å². The molecule has 24 heavy (non-hydrogen) atoms. The van der Waals surface area contributed by atoms with Crippen LogP contribution in [0.15, 0.2) is 4.99 Å². The van der Waals surface area contributed by atoms with Gasteiger partial charge >= 0.3 is 0 Å². The predicted octanol–water partition coefficient (Wildman–Crippen LogP) is 1.89. The van der Waals surface area contributed by atoms with Gasteiger partial charge in [-0.25, -0.2) is 0 Å². The Bertz CT molecular complexity index is 405. The topological polar surface area (TPSA) is 48.9 Å². The summed E-state index contributed by atoms with van der Waals surface area (Å²) in [5.41, 5.74) is 0.250. The molecule has 2 fully saturated rings. The number of thioether (sulfide) groups is 2. The van der Waals surface area contributed by atoms with E-state index in [1.54, 1.807) is 0 Å². The predicted molar refractivity (Wildman–Crippen MR) is 109 cm³/mol. The highest BCUT2D eigenvalue weighted by Gasteiger charge is 2.40. The second-order valence-corrected chi connectivity index (χ2v) is 9.76. The van der Waals surface area contributed by atoms with Crippen LogP contribution in [0.25, 0.3) is 0 Å². The van der Waals surface area contributed by atoms with E-state index in [-0.39, 0.29) is 10.3 Å². The van der Waals surface area contributed by atoms with Gasteiger partial charge in [0.1, 0.15) is 0 Å². The Kier molecular flexibility index (Phi) is 8.04. The van der Waals surface area contributed by atoms with Crippen molar-refractivity contribution in [3.8, 4) is 0 Å². The molecule has 5 nitrogen and oxygen atoms in total. The van der Waals surface area contributed by atoms with E-state index >= 15 is 0 Å². The van der Waals surface area contributed by atoms with Crippen LogP contribution >= 0.6 is 23.5 Å². The SMILES string of the molecule is CCNC(=NCC(C)(C)SC)NCC1(N2CCOCC2)CCSC1. The van der Waals surface area contributed by atoms with Gasteiger partial charge in [0, 0.05) is 42.2 Å². The molecule has 0 spiro atoms. The summed E-state index contributed by atoms with van der Waals surface area (Å²) in [6.45, 7) is 13.1. The van der Waals surface area contributed by atoms with Gasteiger partial charge in [-0.2, -0.15) is 23.5 Å². The normalized spacial score (nSPS) is 26.6. The van der Waals surface area contributed by atoms with Crippen LogP contribution in [0.2, 0.25) is 0 Å². The summed E-state index contributed by atoms with van der Waals surface area (Å²) in [6, 6.07) is 0. The summed E-state index contributed by atoms with van der Waals surface area (Å²) in [5.74, 6) is 3.41. The minimum absolute atomic E-state index is 0.174. The zero-order valence-electron chi connectivity index (χ0n) is 15.7. The van der Waals surface area contributed by atoms with Gasteiger partial charge in [-0.05, 0) is 39.2 Å². The molecule has 2 heterocycles. The zero-order valence-corrected chi connectivity index (χ0v) is 17.3. The van der Waals surface area contributed by atoms with Gasteiger partial charge in [-0.3, -0.25) is 9.89 Å². The molecule has 0 aromatic rings. The summed E-state index contributed by atoms with van der Waals surface area (Å²) < 4.78 is 5.72. The van der Waals surface area contributed by atoms with E-state index in [0.717, 1.165) is 51.9 Å². The molecular weight excluding hydrogens is 340 g/mol. The van der Waals surface area contributed by atoms with E-state index in [9.17, 15) is 0 Å². The third-order valence-electron chi connectivity index (χ3n) is 4.86. The molecule has 0 saturated carbocycles. The second-order valence-electron chi connectivity index (χ2n) is 7.14. The van der Waals surface area contributed by atoms with Crippen molar-refractivity contribution < 1.29 is 4.74 Å². The Hall–Kier alpha value is -0.110. The van der Waals surface area contributed by atoms with Crippen LogP contribution in [0.3, 0.4) is 0 Å². The largest absolute Gasteiger partial charge is 0.379 e. The van der Waals surface area contributed by atoms with Gasteiger partial charge in [-0.15, -0.1) is 0 Å². The summed E-state index contributed by atoms with van der Waals surface area (Å²) in [5, 5.41) is 7.03. The maximum absolute atomic E-state index is 5.55. The molecule has 0 amide bonds. The van der Waals surface area contributed by atoms with Gasteiger partial charge in [0.15, 0.2) is 5.96 Å². The number of nitrogens with one attached hydrogen (secondary N) is 2. The van der Waals surface area contributed by atoms with Crippen molar-refractivity contribution in [3.05, 3.63) is 0 Å². The molecule has 140 valence electrons. The van der Waals surface area contributed by atoms with Gasteiger partial charge in [0.05, 0.1) is 19.8 Å². The monoisotopic (exact) mass is 374 g/mol. The fourth-order valence-electron chi connectivity index (χ4n) is 3.06. The number of aliphatic imine (C=N–C) groups is 1. The maximum Gasteiger partial charge on any atom is 0.191 e. The lowest BCUT2D eigenvalue weighted by Gasteiger charge is -2.43. The first-order chi connectivity index (χ1) is 11.5. The highest BCUT2D eigenvalue weighted by Crippen LogP contribution is 2.33. The fraction of sp³-hybridized carbons (Fsp3) is 0.941. The average molecular weight is 375 g/mol. The lowest BCUT2D eigenvalue weighted by Crippen LogP contribution is -2.60. The van der Waals surface area contributed by atoms with Crippen molar-refractivity contribution in [3.63, 3.8) is 0 Å². The molecule has 0 aromatic carbocycles. The van der Waals surface area contributed by atoms with Crippen LogP contribution in [0.1, 0.15) is 27.2 Å². The quantitative estimate of drug-likeness (QED) is 0.524. The van der Waals surface area contributed by atoms with E-state index < -0.39 is 0 Å². The molecule has 2 saturated heterocycles. The Labute approximate surface area is 156 Å². The number of guanidine groups is 1. The van der Waals surface area contributed by atoms with E-state index in [4.69, 9.17) is 9.73 Å². The third-order valence-corrected chi connectivity index (χ3v) is 7.33. The lowest BCUT2D eigenvalue weighted by atomic mass is 9.95. The van der Waals surface area contributed by atoms with Crippen molar-refractivity contribution in [2.24, 2.45) is 4.99 Å². The molecule has 2 rings (SSSR count). The molecule has 2 aliphatic rings. The smallest absolute Gasteiger partial charge is 0.191 e. The molecule has 0 radical (unpaired) electrons. The maximum atomic E-state index is 5.55. The summed E-state index contributed by atoms with van der Waals surface area (Å²) in [4.78, 5) is 7.45. The van der Waals surface area contributed by atoms with Crippen LogP contribution in [-0.4, -0.2) is 84.8 Å². The van der Waals surface area contributed by atoms with Crippen molar-refractivity contribution in [2.75, 3.05) is 63.7 Å². The first-order valence-corrected chi connectivity index (χ1v) is 11.4. The minimum Gasteiger partial charge on any atom is -0.379 e. The number of ether oxygens (including phenoxy) is 1. The van der Waals surface area contributed by atoms with Crippen molar-refractivity contribution in [2.45, 2.75) is 37.5 Å². The van der Waals surface area contributed by atoms with Crippen LogP contribution in [-0.2, 0) is 4.74 Å². The Morgan fingerprint density at radius 3 is 2.67 bits per heavy atom. The van der Waals surface area contributed by atoms with Gasteiger partial charge < -0.3 is 15.4 Å². The average Bonchev–Trinajstić information content (AvgIpc) is 3.08.